The van der Waals surface area contributed by atoms with Crippen LogP contribution in [0.3, 0.4) is 0 Å². The van der Waals surface area contributed by atoms with Crippen molar-refractivity contribution in [2.24, 2.45) is 0 Å². The number of hydrogen-bond donors (Lipinski definition) is 1. The Balaban J connectivity index is 2.45. The molecular formula is C4H10FNO. The van der Waals surface area contributed by atoms with E-state index in [9.17, 15) is 4.39 Å². The maximum Gasteiger partial charge on any atom is 0.104 e. The molecule has 0 rings (SSSR count). The molecule has 0 saturated carbocycles. The Morgan fingerprint density at radius 2 is 2.43 bits per heavy atom. The van der Waals surface area contributed by atoms with Crippen LogP contribution in [0.4, 0.5) is 4.39 Å². The third-order valence-corrected chi connectivity index (χ3v) is 0.443. The Morgan fingerprint density at radius 3 is 2.86 bits per heavy atom. The lowest BCUT2D eigenvalue weighted by Gasteiger charge is -1.96. The van der Waals surface area contributed by atoms with Crippen molar-refractivity contribution in [3.63, 3.8) is 0 Å². The zero-order valence-electron chi connectivity index (χ0n) is 4.41. The molecule has 0 aromatic heterocycles. The van der Waals surface area contributed by atoms with E-state index >= 15 is 0 Å². The minimum atomic E-state index is -0.375. The van der Waals surface area contributed by atoms with E-state index in [1.165, 1.54) is 0 Å². The summed E-state index contributed by atoms with van der Waals surface area (Å²) < 4.78 is 11.2. The van der Waals surface area contributed by atoms with Crippen molar-refractivity contribution in [3.05, 3.63) is 0 Å². The highest BCUT2D eigenvalue weighted by Gasteiger charge is 1.78. The van der Waals surface area contributed by atoms with Crippen LogP contribution in [0.1, 0.15) is 6.92 Å². The zero-order valence-corrected chi connectivity index (χ0v) is 4.41. The Kier molecular flexibility index (Phi) is 5.72. The monoisotopic (exact) mass is 107 g/mol. The van der Waals surface area contributed by atoms with Gasteiger partial charge in [0, 0.05) is 6.54 Å². The van der Waals surface area contributed by atoms with Crippen molar-refractivity contribution in [1.29, 1.82) is 0 Å². The SMILES string of the molecule is CCONCCF. The summed E-state index contributed by atoms with van der Waals surface area (Å²) in [6.07, 6.45) is 0. The molecule has 0 aliphatic heterocycles. The van der Waals surface area contributed by atoms with Gasteiger partial charge in [0.1, 0.15) is 6.67 Å². The molecule has 2 nitrogen and oxygen atoms in total. The van der Waals surface area contributed by atoms with E-state index in [0.29, 0.717) is 6.61 Å². The second-order valence-corrected chi connectivity index (χ2v) is 1.02. The van der Waals surface area contributed by atoms with Gasteiger partial charge >= 0.3 is 0 Å². The minimum absolute atomic E-state index is 0.286. The summed E-state index contributed by atoms with van der Waals surface area (Å²) in [5, 5.41) is 0. The highest BCUT2D eigenvalue weighted by molar-refractivity contribution is 4.24. The van der Waals surface area contributed by atoms with E-state index in [-0.39, 0.29) is 13.2 Å². The van der Waals surface area contributed by atoms with Crippen molar-refractivity contribution in [2.45, 2.75) is 6.92 Å². The van der Waals surface area contributed by atoms with Crippen LogP contribution in [0.2, 0.25) is 0 Å². The summed E-state index contributed by atoms with van der Waals surface area (Å²) in [6, 6.07) is 0. The van der Waals surface area contributed by atoms with Gasteiger partial charge in [-0.1, -0.05) is 0 Å². The first kappa shape index (κ1) is 6.85. The fourth-order valence-electron chi connectivity index (χ4n) is 0.213. The lowest BCUT2D eigenvalue weighted by molar-refractivity contribution is 0.0477. The van der Waals surface area contributed by atoms with E-state index in [1.807, 2.05) is 6.92 Å². The normalized spacial score (nSPS) is 9.43. The Labute approximate surface area is 42.6 Å². The molecule has 0 spiro atoms. The standard InChI is InChI=1S/C4H10FNO/c1-2-7-6-4-3-5/h6H,2-4H2,1H3. The van der Waals surface area contributed by atoms with Crippen molar-refractivity contribution >= 4 is 0 Å². The molecule has 3 heteroatoms. The lowest BCUT2D eigenvalue weighted by Crippen LogP contribution is -2.16. The first-order valence-electron chi connectivity index (χ1n) is 2.32. The smallest absolute Gasteiger partial charge is 0.104 e. The van der Waals surface area contributed by atoms with Gasteiger partial charge in [-0.25, -0.2) is 4.39 Å². The van der Waals surface area contributed by atoms with Gasteiger partial charge in [-0.3, -0.25) is 0 Å². The first-order chi connectivity index (χ1) is 3.41. The summed E-state index contributed by atoms with van der Waals surface area (Å²) in [6.45, 7) is 2.33. The van der Waals surface area contributed by atoms with Crippen molar-refractivity contribution < 1.29 is 9.23 Å². The predicted molar refractivity (Wildman–Crippen MR) is 25.6 cm³/mol. The van der Waals surface area contributed by atoms with E-state index in [2.05, 4.69) is 10.3 Å². The Hall–Kier alpha value is -0.150. The topological polar surface area (TPSA) is 21.3 Å². The molecule has 0 fully saturated rings. The molecular weight excluding hydrogens is 97.0 g/mol. The van der Waals surface area contributed by atoms with Gasteiger partial charge in [0.05, 0.1) is 6.61 Å². The molecule has 0 amide bonds. The first-order valence-corrected chi connectivity index (χ1v) is 2.32. The highest BCUT2D eigenvalue weighted by atomic mass is 19.1. The predicted octanol–water partition coefficient (Wildman–Crippen LogP) is 0.497. The van der Waals surface area contributed by atoms with Crippen LogP contribution >= 0.6 is 0 Å². The van der Waals surface area contributed by atoms with Crippen LogP contribution in [-0.2, 0) is 4.84 Å². The van der Waals surface area contributed by atoms with Gasteiger partial charge in [-0.15, -0.1) is 0 Å². The van der Waals surface area contributed by atoms with Crippen LogP contribution in [0.5, 0.6) is 0 Å². The van der Waals surface area contributed by atoms with Crippen LogP contribution < -0.4 is 5.48 Å². The summed E-state index contributed by atoms with van der Waals surface area (Å²) in [5.41, 5.74) is 2.41. The molecule has 7 heavy (non-hydrogen) atoms. The van der Waals surface area contributed by atoms with Crippen LogP contribution in [0.15, 0.2) is 0 Å². The van der Waals surface area contributed by atoms with E-state index < -0.39 is 0 Å². The molecule has 0 aromatic rings. The highest BCUT2D eigenvalue weighted by Crippen LogP contribution is 1.64. The quantitative estimate of drug-likeness (QED) is 0.417. The van der Waals surface area contributed by atoms with Gasteiger partial charge in [0.2, 0.25) is 0 Å². The molecule has 0 aliphatic rings. The molecule has 0 aliphatic carbocycles. The second-order valence-electron chi connectivity index (χ2n) is 1.02. The van der Waals surface area contributed by atoms with Gasteiger partial charge in [-0.2, -0.15) is 5.48 Å². The number of nitrogens with one attached hydrogen (secondary N) is 1. The lowest BCUT2D eigenvalue weighted by atomic mass is 10.8. The molecule has 1 N–H and O–H groups in total. The van der Waals surface area contributed by atoms with E-state index in [0.717, 1.165) is 0 Å². The van der Waals surface area contributed by atoms with Gasteiger partial charge < -0.3 is 4.84 Å². The number of rotatable bonds is 4. The largest absolute Gasteiger partial charge is 0.302 e. The van der Waals surface area contributed by atoms with Crippen molar-refractivity contribution in [3.8, 4) is 0 Å². The average Bonchev–Trinajstić information content (AvgIpc) is 1.69. The van der Waals surface area contributed by atoms with Gasteiger partial charge in [-0.05, 0) is 6.92 Å². The Morgan fingerprint density at radius 1 is 1.71 bits per heavy atom. The molecule has 44 valence electrons. The number of hydrogen-bond acceptors (Lipinski definition) is 2. The van der Waals surface area contributed by atoms with Crippen LogP contribution in [0.25, 0.3) is 0 Å². The fraction of sp³-hybridized carbons (Fsp3) is 1.00. The zero-order chi connectivity index (χ0) is 5.54. The minimum Gasteiger partial charge on any atom is -0.302 e. The summed E-state index contributed by atoms with van der Waals surface area (Å²) >= 11 is 0. The maximum absolute atomic E-state index is 11.2. The second kappa shape index (κ2) is 5.85. The van der Waals surface area contributed by atoms with Crippen LogP contribution in [-0.4, -0.2) is 19.8 Å². The van der Waals surface area contributed by atoms with E-state index in [4.69, 9.17) is 0 Å². The van der Waals surface area contributed by atoms with Crippen LogP contribution in [0, 0.1) is 0 Å². The molecule has 0 saturated heterocycles. The maximum atomic E-state index is 11.2. The molecule has 0 bridgehead atoms. The van der Waals surface area contributed by atoms with Crippen molar-refractivity contribution in [1.82, 2.24) is 5.48 Å². The van der Waals surface area contributed by atoms with Crippen molar-refractivity contribution in [2.75, 3.05) is 19.8 Å². The van der Waals surface area contributed by atoms with E-state index in [1.54, 1.807) is 0 Å². The number of hydroxylamine groups is 1. The summed E-state index contributed by atoms with van der Waals surface area (Å²) in [7, 11) is 0. The molecule has 0 radical (unpaired) electrons. The van der Waals surface area contributed by atoms with Gasteiger partial charge in [0.25, 0.3) is 0 Å². The summed E-state index contributed by atoms with van der Waals surface area (Å²) in [5.74, 6) is 0. The third-order valence-electron chi connectivity index (χ3n) is 0.443. The number of halogens is 1. The number of alkyl halides is 1. The van der Waals surface area contributed by atoms with Gasteiger partial charge in [0.15, 0.2) is 0 Å². The molecule has 0 atom stereocenters. The average molecular weight is 107 g/mol. The molecule has 0 aromatic carbocycles. The third kappa shape index (κ3) is 5.85. The fourth-order valence-corrected chi connectivity index (χ4v) is 0.213. The Bertz CT molecular complexity index is 30.9. The molecule has 0 unspecified atom stereocenters. The molecule has 0 heterocycles. The summed E-state index contributed by atoms with van der Waals surface area (Å²) in [4.78, 5) is 4.58.